The Balaban J connectivity index is 1.85. The summed E-state index contributed by atoms with van der Waals surface area (Å²) < 4.78 is 13.4. The highest BCUT2D eigenvalue weighted by Gasteiger charge is 2.14. The summed E-state index contributed by atoms with van der Waals surface area (Å²) in [6, 6.07) is 10.7. The van der Waals surface area contributed by atoms with Gasteiger partial charge < -0.3 is 10.6 Å². The van der Waals surface area contributed by atoms with Gasteiger partial charge in [0.25, 0.3) is 0 Å². The molecule has 0 atom stereocenters. The topological polar surface area (TPSA) is 58.2 Å². The van der Waals surface area contributed by atoms with E-state index in [2.05, 4.69) is 10.6 Å². The minimum atomic E-state index is -0.850. The molecule has 23 heavy (non-hydrogen) atoms. The van der Waals surface area contributed by atoms with Crippen molar-refractivity contribution in [2.75, 3.05) is 11.9 Å². The van der Waals surface area contributed by atoms with Gasteiger partial charge in [0.1, 0.15) is 5.82 Å². The van der Waals surface area contributed by atoms with Crippen molar-refractivity contribution < 1.29 is 14.0 Å². The van der Waals surface area contributed by atoms with Gasteiger partial charge in [0.2, 0.25) is 0 Å². The van der Waals surface area contributed by atoms with Crippen LogP contribution < -0.4 is 10.6 Å². The van der Waals surface area contributed by atoms with Crippen molar-refractivity contribution in [1.29, 1.82) is 0 Å². The monoisotopic (exact) mass is 354 g/mol. The van der Waals surface area contributed by atoms with Gasteiger partial charge in [-0.3, -0.25) is 9.59 Å². The Morgan fingerprint density at radius 3 is 2.30 bits per heavy atom. The summed E-state index contributed by atoms with van der Waals surface area (Å²) in [7, 11) is 0. The summed E-state index contributed by atoms with van der Waals surface area (Å²) in [5, 5.41) is 5.49. The van der Waals surface area contributed by atoms with Gasteiger partial charge in [-0.05, 0) is 36.2 Å². The maximum Gasteiger partial charge on any atom is 0.313 e. The van der Waals surface area contributed by atoms with Gasteiger partial charge in [0.05, 0.1) is 0 Å². The molecule has 7 heteroatoms. The zero-order valence-corrected chi connectivity index (χ0v) is 13.4. The van der Waals surface area contributed by atoms with Crippen LogP contribution in [0.15, 0.2) is 42.5 Å². The zero-order chi connectivity index (χ0) is 16.8. The summed E-state index contributed by atoms with van der Waals surface area (Å²) in [4.78, 5) is 23.5. The zero-order valence-electron chi connectivity index (χ0n) is 11.9. The molecule has 2 aromatic rings. The van der Waals surface area contributed by atoms with E-state index < -0.39 is 11.8 Å². The number of carbonyl (C=O) groups excluding carboxylic acids is 2. The molecule has 0 aliphatic carbocycles. The van der Waals surface area contributed by atoms with Gasteiger partial charge in [0.15, 0.2) is 0 Å². The first-order valence-electron chi connectivity index (χ1n) is 6.74. The molecule has 120 valence electrons. The van der Waals surface area contributed by atoms with E-state index in [-0.39, 0.29) is 18.8 Å². The molecule has 0 aliphatic heterocycles. The molecule has 0 fully saturated rings. The Labute approximate surface area is 142 Å². The quantitative estimate of drug-likeness (QED) is 0.826. The number of halogens is 3. The summed E-state index contributed by atoms with van der Waals surface area (Å²) in [6.45, 7) is 0.142. The summed E-state index contributed by atoms with van der Waals surface area (Å²) in [5.74, 6) is -2.02. The second kappa shape index (κ2) is 7.94. The van der Waals surface area contributed by atoms with Crippen LogP contribution in [0, 0.1) is 5.82 Å². The minimum Gasteiger partial charge on any atom is -0.347 e. The first-order valence-corrected chi connectivity index (χ1v) is 7.50. The SMILES string of the molecule is O=C(NCCc1ccccc1F)C(=O)Nc1cc(Cl)cc(Cl)c1. The fourth-order valence-electron chi connectivity index (χ4n) is 1.91. The van der Waals surface area contributed by atoms with E-state index in [1.807, 2.05) is 0 Å². The summed E-state index contributed by atoms with van der Waals surface area (Å²) in [6.07, 6.45) is 0.286. The Morgan fingerprint density at radius 2 is 1.65 bits per heavy atom. The van der Waals surface area contributed by atoms with E-state index in [1.165, 1.54) is 24.3 Å². The van der Waals surface area contributed by atoms with Crippen LogP contribution in [0.2, 0.25) is 10.0 Å². The number of carbonyl (C=O) groups is 2. The second-order valence-corrected chi connectivity index (χ2v) is 5.58. The molecule has 0 saturated heterocycles. The highest BCUT2D eigenvalue weighted by Crippen LogP contribution is 2.22. The molecule has 0 saturated carbocycles. The number of rotatable bonds is 4. The van der Waals surface area contributed by atoms with Crippen molar-refractivity contribution in [1.82, 2.24) is 5.32 Å². The van der Waals surface area contributed by atoms with E-state index in [9.17, 15) is 14.0 Å². The maximum atomic E-state index is 13.4. The molecule has 0 aliphatic rings. The second-order valence-electron chi connectivity index (χ2n) is 4.71. The largest absolute Gasteiger partial charge is 0.347 e. The molecule has 0 heterocycles. The minimum absolute atomic E-state index is 0.142. The van der Waals surface area contributed by atoms with Crippen molar-refractivity contribution in [3.05, 3.63) is 63.9 Å². The highest BCUT2D eigenvalue weighted by atomic mass is 35.5. The number of hydrogen-bond acceptors (Lipinski definition) is 2. The van der Waals surface area contributed by atoms with Gasteiger partial charge in [0, 0.05) is 22.3 Å². The molecule has 0 unspecified atom stereocenters. The molecule has 0 aromatic heterocycles. The van der Waals surface area contributed by atoms with Gasteiger partial charge in [-0.25, -0.2) is 4.39 Å². The Kier molecular flexibility index (Phi) is 5.96. The number of amides is 2. The van der Waals surface area contributed by atoms with Gasteiger partial charge >= 0.3 is 11.8 Å². The van der Waals surface area contributed by atoms with Crippen LogP contribution in [0.4, 0.5) is 10.1 Å². The molecule has 0 spiro atoms. The van der Waals surface area contributed by atoms with Crippen LogP contribution in [-0.2, 0) is 16.0 Å². The molecule has 2 N–H and O–H groups in total. The van der Waals surface area contributed by atoms with E-state index in [0.717, 1.165) is 0 Å². The van der Waals surface area contributed by atoms with Crippen LogP contribution in [0.5, 0.6) is 0 Å². The van der Waals surface area contributed by atoms with Crippen molar-refractivity contribution in [3.8, 4) is 0 Å². The molecule has 2 aromatic carbocycles. The molecule has 4 nitrogen and oxygen atoms in total. The maximum absolute atomic E-state index is 13.4. The van der Waals surface area contributed by atoms with Crippen LogP contribution in [-0.4, -0.2) is 18.4 Å². The third-order valence-corrected chi connectivity index (χ3v) is 3.40. The number of hydrogen-bond donors (Lipinski definition) is 2. The molecular weight excluding hydrogens is 342 g/mol. The average molecular weight is 355 g/mol. The lowest BCUT2D eigenvalue weighted by Crippen LogP contribution is -2.36. The number of anilines is 1. The fourth-order valence-corrected chi connectivity index (χ4v) is 2.43. The fraction of sp³-hybridized carbons (Fsp3) is 0.125. The predicted octanol–water partition coefficient (Wildman–Crippen LogP) is 3.43. The van der Waals surface area contributed by atoms with Crippen molar-refractivity contribution in [3.63, 3.8) is 0 Å². The van der Waals surface area contributed by atoms with E-state index in [0.29, 0.717) is 21.3 Å². The van der Waals surface area contributed by atoms with Crippen LogP contribution >= 0.6 is 23.2 Å². The predicted molar refractivity (Wildman–Crippen MR) is 88.2 cm³/mol. The molecule has 2 amide bonds. The lowest BCUT2D eigenvalue weighted by molar-refractivity contribution is -0.136. The summed E-state index contributed by atoms with van der Waals surface area (Å²) >= 11 is 11.6. The average Bonchev–Trinajstić information content (AvgIpc) is 2.48. The van der Waals surface area contributed by atoms with E-state index in [4.69, 9.17) is 23.2 Å². The van der Waals surface area contributed by atoms with E-state index >= 15 is 0 Å². The van der Waals surface area contributed by atoms with Crippen molar-refractivity contribution in [2.24, 2.45) is 0 Å². The van der Waals surface area contributed by atoms with Crippen LogP contribution in [0.3, 0.4) is 0 Å². The van der Waals surface area contributed by atoms with Crippen LogP contribution in [0.25, 0.3) is 0 Å². The Bertz CT molecular complexity index is 718. The smallest absolute Gasteiger partial charge is 0.313 e. The lowest BCUT2D eigenvalue weighted by atomic mass is 10.1. The van der Waals surface area contributed by atoms with E-state index in [1.54, 1.807) is 18.2 Å². The Hall–Kier alpha value is -2.11. The normalized spacial score (nSPS) is 10.2. The Morgan fingerprint density at radius 1 is 1.00 bits per heavy atom. The molecular formula is C16H13Cl2FN2O2. The van der Waals surface area contributed by atoms with Gasteiger partial charge in [-0.2, -0.15) is 0 Å². The molecule has 0 bridgehead atoms. The third-order valence-electron chi connectivity index (χ3n) is 2.96. The van der Waals surface area contributed by atoms with Crippen molar-refractivity contribution in [2.45, 2.75) is 6.42 Å². The molecule has 0 radical (unpaired) electrons. The highest BCUT2D eigenvalue weighted by molar-refractivity contribution is 6.40. The molecule has 2 rings (SSSR count). The summed E-state index contributed by atoms with van der Waals surface area (Å²) in [5.41, 5.74) is 0.784. The van der Waals surface area contributed by atoms with Gasteiger partial charge in [-0.15, -0.1) is 0 Å². The lowest BCUT2D eigenvalue weighted by Gasteiger charge is -2.08. The standard InChI is InChI=1S/C16H13Cl2FN2O2/c17-11-7-12(18)9-13(8-11)21-16(23)15(22)20-6-5-10-3-1-2-4-14(10)19/h1-4,7-9H,5-6H2,(H,20,22)(H,21,23). The van der Waals surface area contributed by atoms with Gasteiger partial charge in [-0.1, -0.05) is 41.4 Å². The first-order chi connectivity index (χ1) is 11.0. The van der Waals surface area contributed by atoms with Crippen molar-refractivity contribution >= 4 is 40.7 Å². The third kappa shape index (κ3) is 5.23. The van der Waals surface area contributed by atoms with Crippen LogP contribution in [0.1, 0.15) is 5.56 Å². The number of nitrogens with one attached hydrogen (secondary N) is 2. The number of benzene rings is 2. The first kappa shape index (κ1) is 17.2.